The van der Waals surface area contributed by atoms with Crippen molar-refractivity contribution in [2.75, 3.05) is 6.61 Å². The zero-order valence-electron chi connectivity index (χ0n) is 13.0. The zero-order chi connectivity index (χ0) is 18.0. The van der Waals surface area contributed by atoms with Crippen LogP contribution in [0.5, 0.6) is 23.0 Å². The molecule has 1 aliphatic heterocycles. The molecule has 7 heteroatoms. The maximum atomic E-state index is 10.6. The number of phenols is 2. The standard InChI is InChI=1S/C18H16O7/c19-9-16-18(11-3-4-12(20)13(21)8-11)25-14-5-1-10(2-6-17(22)23)7-15(14)24-16/h1-8,16,18-21H,9H2,(H,22,23)/b6-2+/t16-,18+/m0/s1. The summed E-state index contributed by atoms with van der Waals surface area (Å²) in [6.07, 6.45) is 1.03. The molecule has 0 aromatic heterocycles. The predicted octanol–water partition coefficient (Wildman–Crippen LogP) is 2.07. The molecule has 4 N–H and O–H groups in total. The number of carbonyl (C=O) groups is 1. The number of fused-ring (bicyclic) bond motifs is 1. The molecule has 1 aliphatic rings. The molecule has 0 unspecified atom stereocenters. The fourth-order valence-corrected chi connectivity index (χ4v) is 2.56. The highest BCUT2D eigenvalue weighted by atomic mass is 16.6. The summed E-state index contributed by atoms with van der Waals surface area (Å²) in [5.41, 5.74) is 1.15. The van der Waals surface area contributed by atoms with E-state index in [2.05, 4.69) is 0 Å². The predicted molar refractivity (Wildman–Crippen MR) is 87.8 cm³/mol. The Morgan fingerprint density at radius 3 is 2.52 bits per heavy atom. The molecule has 0 aliphatic carbocycles. The van der Waals surface area contributed by atoms with Gasteiger partial charge >= 0.3 is 5.97 Å². The van der Waals surface area contributed by atoms with Crippen LogP contribution in [0, 0.1) is 0 Å². The van der Waals surface area contributed by atoms with Crippen molar-refractivity contribution in [1.82, 2.24) is 0 Å². The molecule has 7 nitrogen and oxygen atoms in total. The summed E-state index contributed by atoms with van der Waals surface area (Å²) >= 11 is 0. The Bertz CT molecular complexity index is 828. The van der Waals surface area contributed by atoms with Crippen molar-refractivity contribution in [2.45, 2.75) is 12.2 Å². The fourth-order valence-electron chi connectivity index (χ4n) is 2.56. The first-order valence-electron chi connectivity index (χ1n) is 7.49. The summed E-state index contributed by atoms with van der Waals surface area (Å²) in [4.78, 5) is 10.6. The number of hydrogen-bond acceptors (Lipinski definition) is 6. The van der Waals surface area contributed by atoms with Gasteiger partial charge < -0.3 is 29.9 Å². The summed E-state index contributed by atoms with van der Waals surface area (Å²) in [5, 5.41) is 37.4. The topological polar surface area (TPSA) is 116 Å². The summed E-state index contributed by atoms with van der Waals surface area (Å²) in [6.45, 7) is -0.332. The Labute approximate surface area is 143 Å². The number of rotatable bonds is 4. The van der Waals surface area contributed by atoms with Crippen LogP contribution >= 0.6 is 0 Å². The average molecular weight is 344 g/mol. The molecule has 2 aromatic rings. The Balaban J connectivity index is 1.91. The average Bonchev–Trinajstić information content (AvgIpc) is 2.61. The van der Waals surface area contributed by atoms with Crippen LogP contribution in [0.2, 0.25) is 0 Å². The highest BCUT2D eigenvalue weighted by Gasteiger charge is 2.33. The highest BCUT2D eigenvalue weighted by molar-refractivity contribution is 5.85. The van der Waals surface area contributed by atoms with Gasteiger partial charge in [-0.2, -0.15) is 0 Å². The molecule has 0 radical (unpaired) electrons. The van der Waals surface area contributed by atoms with E-state index in [0.29, 0.717) is 22.6 Å². The first-order valence-corrected chi connectivity index (χ1v) is 7.49. The molecular weight excluding hydrogens is 328 g/mol. The molecule has 0 fully saturated rings. The third kappa shape index (κ3) is 3.51. The van der Waals surface area contributed by atoms with Gasteiger partial charge in [0.05, 0.1) is 6.61 Å². The third-order valence-electron chi connectivity index (χ3n) is 3.76. The van der Waals surface area contributed by atoms with E-state index in [-0.39, 0.29) is 18.1 Å². The fraction of sp³-hybridized carbons (Fsp3) is 0.167. The largest absolute Gasteiger partial charge is 0.504 e. The number of ether oxygens (including phenoxy) is 2. The molecule has 25 heavy (non-hydrogen) atoms. The SMILES string of the molecule is O=C(O)/C=C/c1ccc2c(c1)O[C@@H](CO)[C@@H](c1ccc(O)c(O)c1)O2. The second kappa shape index (κ2) is 6.74. The lowest BCUT2D eigenvalue weighted by atomic mass is 10.0. The lowest BCUT2D eigenvalue weighted by Gasteiger charge is -2.33. The van der Waals surface area contributed by atoms with E-state index < -0.39 is 18.2 Å². The van der Waals surface area contributed by atoms with Gasteiger partial charge in [-0.25, -0.2) is 4.79 Å². The quantitative estimate of drug-likeness (QED) is 0.495. The van der Waals surface area contributed by atoms with Crippen molar-refractivity contribution < 1.29 is 34.7 Å². The van der Waals surface area contributed by atoms with E-state index in [0.717, 1.165) is 6.08 Å². The summed E-state index contributed by atoms with van der Waals surface area (Å²) in [5.74, 6) is -0.801. The van der Waals surface area contributed by atoms with Gasteiger partial charge in [-0.15, -0.1) is 0 Å². The molecule has 0 saturated carbocycles. The van der Waals surface area contributed by atoms with Crippen LogP contribution in [-0.4, -0.2) is 39.1 Å². The van der Waals surface area contributed by atoms with Gasteiger partial charge in [-0.05, 0) is 35.9 Å². The smallest absolute Gasteiger partial charge is 0.328 e. The van der Waals surface area contributed by atoms with Gasteiger partial charge in [0.2, 0.25) is 0 Å². The van der Waals surface area contributed by atoms with Crippen LogP contribution in [0.25, 0.3) is 6.08 Å². The van der Waals surface area contributed by atoms with E-state index in [4.69, 9.17) is 14.6 Å². The van der Waals surface area contributed by atoms with Crippen molar-refractivity contribution in [3.63, 3.8) is 0 Å². The molecule has 130 valence electrons. The molecule has 2 atom stereocenters. The number of aliphatic hydroxyl groups is 1. The molecular formula is C18H16O7. The van der Waals surface area contributed by atoms with Crippen LogP contribution in [-0.2, 0) is 4.79 Å². The monoisotopic (exact) mass is 344 g/mol. The number of carboxylic acid groups (broad SMARTS) is 1. The second-order valence-corrected chi connectivity index (χ2v) is 5.50. The van der Waals surface area contributed by atoms with Crippen molar-refractivity contribution in [2.24, 2.45) is 0 Å². The Morgan fingerprint density at radius 2 is 1.84 bits per heavy atom. The van der Waals surface area contributed by atoms with Gasteiger partial charge in [0.15, 0.2) is 35.2 Å². The molecule has 1 heterocycles. The molecule has 0 bridgehead atoms. The van der Waals surface area contributed by atoms with E-state index >= 15 is 0 Å². The Kier molecular flexibility index (Phi) is 4.49. The molecule has 0 spiro atoms. The minimum absolute atomic E-state index is 0.253. The number of aromatic hydroxyl groups is 2. The van der Waals surface area contributed by atoms with Gasteiger partial charge in [0.25, 0.3) is 0 Å². The summed E-state index contributed by atoms with van der Waals surface area (Å²) in [7, 11) is 0. The Morgan fingerprint density at radius 1 is 1.04 bits per heavy atom. The van der Waals surface area contributed by atoms with Gasteiger partial charge in [0.1, 0.15) is 0 Å². The van der Waals surface area contributed by atoms with E-state index in [1.165, 1.54) is 18.2 Å². The Hall–Kier alpha value is -3.19. The van der Waals surface area contributed by atoms with Crippen LogP contribution in [0.1, 0.15) is 17.2 Å². The number of aliphatic hydroxyl groups excluding tert-OH is 1. The molecule has 2 aromatic carbocycles. The van der Waals surface area contributed by atoms with Gasteiger partial charge in [-0.1, -0.05) is 12.1 Å². The van der Waals surface area contributed by atoms with Crippen LogP contribution in [0.3, 0.4) is 0 Å². The number of phenolic OH excluding ortho intramolecular Hbond substituents is 2. The van der Waals surface area contributed by atoms with Crippen LogP contribution in [0.4, 0.5) is 0 Å². The van der Waals surface area contributed by atoms with Crippen molar-refractivity contribution in [3.05, 3.63) is 53.6 Å². The third-order valence-corrected chi connectivity index (χ3v) is 3.76. The summed E-state index contributed by atoms with van der Waals surface area (Å²) < 4.78 is 11.6. The number of benzene rings is 2. The first kappa shape index (κ1) is 16.7. The number of hydrogen-bond donors (Lipinski definition) is 4. The van der Waals surface area contributed by atoms with Gasteiger partial charge in [0, 0.05) is 11.6 Å². The van der Waals surface area contributed by atoms with E-state index in [1.807, 2.05) is 0 Å². The van der Waals surface area contributed by atoms with Crippen LogP contribution < -0.4 is 9.47 Å². The van der Waals surface area contributed by atoms with E-state index in [9.17, 15) is 20.1 Å². The number of aliphatic carboxylic acids is 1. The molecule has 3 rings (SSSR count). The van der Waals surface area contributed by atoms with Crippen molar-refractivity contribution in [3.8, 4) is 23.0 Å². The lowest BCUT2D eigenvalue weighted by Crippen LogP contribution is -2.36. The summed E-state index contributed by atoms with van der Waals surface area (Å²) in [6, 6.07) is 9.17. The van der Waals surface area contributed by atoms with E-state index in [1.54, 1.807) is 24.3 Å². The second-order valence-electron chi connectivity index (χ2n) is 5.50. The maximum absolute atomic E-state index is 10.6. The van der Waals surface area contributed by atoms with Crippen LogP contribution in [0.15, 0.2) is 42.5 Å². The molecule has 0 amide bonds. The normalized spacial score (nSPS) is 19.1. The van der Waals surface area contributed by atoms with Crippen molar-refractivity contribution in [1.29, 1.82) is 0 Å². The zero-order valence-corrected chi connectivity index (χ0v) is 13.0. The lowest BCUT2D eigenvalue weighted by molar-refractivity contribution is -0.131. The first-order chi connectivity index (χ1) is 12.0. The maximum Gasteiger partial charge on any atom is 0.328 e. The highest BCUT2D eigenvalue weighted by Crippen LogP contribution is 2.41. The molecule has 0 saturated heterocycles. The van der Waals surface area contributed by atoms with Gasteiger partial charge in [-0.3, -0.25) is 0 Å². The minimum atomic E-state index is -1.06. The van der Waals surface area contributed by atoms with Crippen molar-refractivity contribution >= 4 is 12.0 Å². The minimum Gasteiger partial charge on any atom is -0.504 e. The number of carboxylic acids is 1.